The molecule has 2 aromatic rings. The molecule has 3 rings (SSSR count). The van der Waals surface area contributed by atoms with E-state index in [0.717, 1.165) is 17.7 Å². The molecule has 2 aromatic carbocycles. The van der Waals surface area contributed by atoms with Crippen molar-refractivity contribution in [2.24, 2.45) is 0 Å². The number of esters is 1. The molecule has 0 saturated carbocycles. The van der Waals surface area contributed by atoms with Crippen molar-refractivity contribution in [2.45, 2.75) is 30.3 Å². The predicted octanol–water partition coefficient (Wildman–Crippen LogP) is 3.01. The van der Waals surface area contributed by atoms with Crippen molar-refractivity contribution < 1.29 is 19.1 Å². The number of ether oxygens (including phenoxy) is 1. The molecule has 0 bridgehead atoms. The van der Waals surface area contributed by atoms with Crippen LogP contribution in [0.4, 0.5) is 4.79 Å². The van der Waals surface area contributed by atoms with Crippen molar-refractivity contribution >= 4 is 29.7 Å². The Kier molecular flexibility index (Phi) is 6.71. The van der Waals surface area contributed by atoms with E-state index >= 15 is 0 Å². The molecule has 0 saturated heterocycles. The predicted molar refractivity (Wildman–Crippen MR) is 107 cm³/mol. The summed E-state index contributed by atoms with van der Waals surface area (Å²) in [5.74, 6) is -1.14. The third-order valence-electron chi connectivity index (χ3n) is 4.48. The summed E-state index contributed by atoms with van der Waals surface area (Å²) in [6, 6.07) is 14.2. The van der Waals surface area contributed by atoms with Crippen molar-refractivity contribution in [3.8, 4) is 0 Å². The van der Waals surface area contributed by atoms with Crippen LogP contribution in [0.2, 0.25) is 0 Å². The van der Waals surface area contributed by atoms with Gasteiger partial charge in [0.15, 0.2) is 0 Å². The standard InChI is InChI=1S/C21H22N2O4S/c1-22-21(26)23-20(25)19(15-6-3-2-4-7-15)27-18(24)13-28-17-11-10-14-8-5-9-16(14)12-17/h2-4,6-7,10-12,19H,5,8-9,13H2,1H3,(H2,22,23,25,26)/t19-/m0/s1. The van der Waals surface area contributed by atoms with Gasteiger partial charge in [-0.3, -0.25) is 14.9 Å². The minimum atomic E-state index is -1.19. The van der Waals surface area contributed by atoms with Crippen LogP contribution >= 0.6 is 11.8 Å². The van der Waals surface area contributed by atoms with Crippen LogP contribution in [0.1, 0.15) is 29.2 Å². The molecule has 1 atom stereocenters. The van der Waals surface area contributed by atoms with E-state index < -0.39 is 24.0 Å². The highest BCUT2D eigenvalue weighted by molar-refractivity contribution is 8.00. The van der Waals surface area contributed by atoms with Crippen molar-refractivity contribution in [2.75, 3.05) is 12.8 Å². The van der Waals surface area contributed by atoms with Crippen molar-refractivity contribution in [1.29, 1.82) is 0 Å². The van der Waals surface area contributed by atoms with E-state index in [1.54, 1.807) is 30.3 Å². The molecule has 6 nitrogen and oxygen atoms in total. The minimum absolute atomic E-state index is 0.0787. The van der Waals surface area contributed by atoms with E-state index in [9.17, 15) is 14.4 Å². The van der Waals surface area contributed by atoms with Crippen LogP contribution in [0.15, 0.2) is 53.4 Å². The molecule has 1 aliphatic carbocycles. The third kappa shape index (κ3) is 5.13. The first-order valence-corrected chi connectivity index (χ1v) is 10.1. The largest absolute Gasteiger partial charge is 0.447 e. The van der Waals surface area contributed by atoms with Gasteiger partial charge in [-0.05, 0) is 42.5 Å². The average Bonchev–Trinajstić information content (AvgIpc) is 3.18. The van der Waals surface area contributed by atoms with Gasteiger partial charge in [0.2, 0.25) is 6.10 Å². The monoisotopic (exact) mass is 398 g/mol. The zero-order valence-corrected chi connectivity index (χ0v) is 16.4. The number of carbonyl (C=O) groups excluding carboxylic acids is 3. The highest BCUT2D eigenvalue weighted by Gasteiger charge is 2.26. The van der Waals surface area contributed by atoms with Gasteiger partial charge in [0.25, 0.3) is 5.91 Å². The molecule has 0 spiro atoms. The summed E-state index contributed by atoms with van der Waals surface area (Å²) in [5, 5.41) is 4.47. The number of fused-ring (bicyclic) bond motifs is 1. The fourth-order valence-corrected chi connectivity index (χ4v) is 3.83. The summed E-state index contributed by atoms with van der Waals surface area (Å²) in [5.41, 5.74) is 3.22. The second-order valence-electron chi connectivity index (χ2n) is 6.42. The first kappa shape index (κ1) is 19.9. The molecular weight excluding hydrogens is 376 g/mol. The number of thioether (sulfide) groups is 1. The number of imide groups is 1. The number of hydrogen-bond donors (Lipinski definition) is 2. The Bertz CT molecular complexity index is 870. The van der Waals surface area contributed by atoms with Gasteiger partial charge in [0, 0.05) is 17.5 Å². The van der Waals surface area contributed by atoms with Crippen LogP contribution in [0.5, 0.6) is 0 Å². The van der Waals surface area contributed by atoms with Gasteiger partial charge < -0.3 is 10.1 Å². The SMILES string of the molecule is CNC(=O)NC(=O)[C@@H](OC(=O)CSc1ccc2c(c1)CCC2)c1ccccc1. The lowest BCUT2D eigenvalue weighted by molar-refractivity contribution is -0.153. The Morgan fingerprint density at radius 3 is 2.57 bits per heavy atom. The molecule has 0 heterocycles. The van der Waals surface area contributed by atoms with Crippen LogP contribution in [0, 0.1) is 0 Å². The number of rotatable bonds is 6. The fourth-order valence-electron chi connectivity index (χ4n) is 3.09. The van der Waals surface area contributed by atoms with E-state index in [4.69, 9.17) is 4.74 Å². The highest BCUT2D eigenvalue weighted by atomic mass is 32.2. The van der Waals surface area contributed by atoms with Crippen LogP contribution < -0.4 is 10.6 Å². The number of urea groups is 1. The van der Waals surface area contributed by atoms with Crippen LogP contribution in [0.3, 0.4) is 0 Å². The van der Waals surface area contributed by atoms with Crippen molar-refractivity contribution in [3.63, 3.8) is 0 Å². The highest BCUT2D eigenvalue weighted by Crippen LogP contribution is 2.28. The van der Waals surface area contributed by atoms with Crippen LogP contribution in [0.25, 0.3) is 0 Å². The van der Waals surface area contributed by atoms with Crippen molar-refractivity contribution in [1.82, 2.24) is 10.6 Å². The first-order chi connectivity index (χ1) is 13.6. The molecule has 0 fully saturated rings. The Labute approximate surface area is 168 Å². The maximum Gasteiger partial charge on any atom is 0.321 e. The Morgan fingerprint density at radius 2 is 1.82 bits per heavy atom. The molecule has 28 heavy (non-hydrogen) atoms. The Morgan fingerprint density at radius 1 is 1.07 bits per heavy atom. The maximum absolute atomic E-state index is 12.4. The third-order valence-corrected chi connectivity index (χ3v) is 5.45. The van der Waals surface area contributed by atoms with Crippen LogP contribution in [-0.4, -0.2) is 30.7 Å². The average molecular weight is 398 g/mol. The summed E-state index contributed by atoms with van der Waals surface area (Å²) in [6.07, 6.45) is 2.17. The molecule has 0 aromatic heterocycles. The molecule has 0 radical (unpaired) electrons. The van der Waals surface area contributed by atoms with E-state index in [-0.39, 0.29) is 5.75 Å². The number of hydrogen-bond acceptors (Lipinski definition) is 5. The lowest BCUT2D eigenvalue weighted by Gasteiger charge is -2.17. The molecule has 3 amide bonds. The lowest BCUT2D eigenvalue weighted by Crippen LogP contribution is -2.41. The number of benzene rings is 2. The topological polar surface area (TPSA) is 84.5 Å². The minimum Gasteiger partial charge on any atom is -0.447 e. The van der Waals surface area contributed by atoms with Crippen molar-refractivity contribution in [3.05, 3.63) is 65.2 Å². The van der Waals surface area contributed by atoms with Gasteiger partial charge in [-0.25, -0.2) is 4.79 Å². The van der Waals surface area contributed by atoms with Gasteiger partial charge >= 0.3 is 12.0 Å². The zero-order chi connectivity index (χ0) is 19.9. The van der Waals surface area contributed by atoms with Gasteiger partial charge in [0.1, 0.15) is 0 Å². The van der Waals surface area contributed by atoms with Gasteiger partial charge in [0.05, 0.1) is 5.75 Å². The van der Waals surface area contributed by atoms with Crippen LogP contribution in [-0.2, 0) is 27.2 Å². The second-order valence-corrected chi connectivity index (χ2v) is 7.47. The first-order valence-electron chi connectivity index (χ1n) is 9.08. The molecular formula is C21H22N2O4S. The zero-order valence-electron chi connectivity index (χ0n) is 15.6. The quantitative estimate of drug-likeness (QED) is 0.577. The molecule has 2 N–H and O–H groups in total. The Balaban J connectivity index is 1.63. The number of carbonyl (C=O) groups is 3. The summed E-state index contributed by atoms with van der Waals surface area (Å²) in [6.45, 7) is 0. The molecule has 146 valence electrons. The Hall–Kier alpha value is -2.80. The molecule has 0 aliphatic heterocycles. The van der Waals surface area contributed by atoms with Gasteiger partial charge in [-0.15, -0.1) is 11.8 Å². The number of aryl methyl sites for hydroxylation is 2. The lowest BCUT2D eigenvalue weighted by atomic mass is 10.1. The summed E-state index contributed by atoms with van der Waals surface area (Å²) in [4.78, 5) is 37.2. The smallest absolute Gasteiger partial charge is 0.321 e. The molecule has 0 unspecified atom stereocenters. The molecule has 1 aliphatic rings. The second kappa shape index (κ2) is 9.41. The van der Waals surface area contributed by atoms with E-state index in [1.807, 2.05) is 6.07 Å². The fraction of sp³-hybridized carbons (Fsp3) is 0.286. The van der Waals surface area contributed by atoms with E-state index in [2.05, 4.69) is 22.8 Å². The van der Waals surface area contributed by atoms with Gasteiger partial charge in [-0.2, -0.15) is 0 Å². The number of nitrogens with one attached hydrogen (secondary N) is 2. The van der Waals surface area contributed by atoms with E-state index in [0.29, 0.717) is 5.56 Å². The normalized spacial score (nSPS) is 13.3. The summed E-state index contributed by atoms with van der Waals surface area (Å²) < 4.78 is 5.41. The van der Waals surface area contributed by atoms with E-state index in [1.165, 1.54) is 36.4 Å². The summed E-state index contributed by atoms with van der Waals surface area (Å²) >= 11 is 1.38. The maximum atomic E-state index is 12.4. The molecule has 7 heteroatoms. The summed E-state index contributed by atoms with van der Waals surface area (Å²) in [7, 11) is 1.40. The number of amides is 3. The van der Waals surface area contributed by atoms with Gasteiger partial charge in [-0.1, -0.05) is 36.4 Å².